The fourth-order valence-electron chi connectivity index (χ4n) is 2.73. The van der Waals surface area contributed by atoms with E-state index < -0.39 is 0 Å². The first kappa shape index (κ1) is 16.4. The van der Waals surface area contributed by atoms with E-state index >= 15 is 0 Å². The van der Waals surface area contributed by atoms with Gasteiger partial charge in [-0.05, 0) is 67.1 Å². The lowest BCUT2D eigenvalue weighted by Gasteiger charge is -2.09. The predicted octanol–water partition coefficient (Wildman–Crippen LogP) is 5.66. The SMILES string of the molecule is Cc1cc(-c2nc3ccccc3s2)ccc1NC(=O)c1ccc(F)cc1. The van der Waals surface area contributed by atoms with Gasteiger partial charge in [0.15, 0.2) is 0 Å². The molecule has 0 aliphatic rings. The summed E-state index contributed by atoms with van der Waals surface area (Å²) in [6, 6.07) is 19.4. The third-order valence-corrected chi connectivity index (χ3v) is 5.21. The zero-order valence-electron chi connectivity index (χ0n) is 14.0. The molecule has 3 aromatic carbocycles. The minimum atomic E-state index is -0.363. The third kappa shape index (κ3) is 3.21. The van der Waals surface area contributed by atoms with Gasteiger partial charge in [-0.2, -0.15) is 0 Å². The summed E-state index contributed by atoms with van der Waals surface area (Å²) in [5.41, 5.74) is 4.09. The molecule has 4 rings (SSSR count). The summed E-state index contributed by atoms with van der Waals surface area (Å²) in [5, 5.41) is 3.82. The van der Waals surface area contributed by atoms with Crippen molar-refractivity contribution in [2.24, 2.45) is 0 Å². The van der Waals surface area contributed by atoms with E-state index in [0.29, 0.717) is 5.56 Å². The molecule has 1 heterocycles. The molecule has 0 spiro atoms. The number of nitrogens with one attached hydrogen (secondary N) is 1. The van der Waals surface area contributed by atoms with Crippen LogP contribution >= 0.6 is 11.3 Å². The Kier molecular flexibility index (Phi) is 4.22. The summed E-state index contributed by atoms with van der Waals surface area (Å²) >= 11 is 1.64. The first-order valence-corrected chi connectivity index (χ1v) is 8.95. The first-order valence-electron chi connectivity index (χ1n) is 8.14. The van der Waals surface area contributed by atoms with Crippen LogP contribution in [0.4, 0.5) is 10.1 Å². The van der Waals surface area contributed by atoms with Crippen molar-refractivity contribution >= 4 is 33.1 Å². The second-order valence-corrected chi connectivity index (χ2v) is 7.01. The number of nitrogens with zero attached hydrogens (tertiary/aromatic N) is 1. The number of thiazole rings is 1. The van der Waals surface area contributed by atoms with Gasteiger partial charge in [0.1, 0.15) is 10.8 Å². The van der Waals surface area contributed by atoms with E-state index in [9.17, 15) is 9.18 Å². The molecule has 3 nitrogen and oxygen atoms in total. The number of benzene rings is 3. The van der Waals surface area contributed by atoms with Gasteiger partial charge in [-0.1, -0.05) is 12.1 Å². The number of carbonyl (C=O) groups is 1. The summed E-state index contributed by atoms with van der Waals surface area (Å²) < 4.78 is 14.1. The van der Waals surface area contributed by atoms with E-state index in [1.54, 1.807) is 11.3 Å². The van der Waals surface area contributed by atoms with Crippen LogP contribution in [-0.2, 0) is 0 Å². The van der Waals surface area contributed by atoms with Crippen molar-refractivity contribution in [1.82, 2.24) is 4.98 Å². The van der Waals surface area contributed by atoms with E-state index in [1.165, 1.54) is 24.3 Å². The Labute approximate surface area is 154 Å². The van der Waals surface area contributed by atoms with Crippen LogP contribution < -0.4 is 5.32 Å². The van der Waals surface area contributed by atoms with Crippen molar-refractivity contribution in [1.29, 1.82) is 0 Å². The molecule has 26 heavy (non-hydrogen) atoms. The van der Waals surface area contributed by atoms with Crippen molar-refractivity contribution in [3.8, 4) is 10.6 Å². The van der Waals surface area contributed by atoms with Crippen molar-refractivity contribution in [3.63, 3.8) is 0 Å². The largest absolute Gasteiger partial charge is 0.322 e. The van der Waals surface area contributed by atoms with Crippen molar-refractivity contribution in [3.05, 3.63) is 83.7 Å². The highest BCUT2D eigenvalue weighted by atomic mass is 32.1. The average Bonchev–Trinajstić information content (AvgIpc) is 3.08. The van der Waals surface area contributed by atoms with Crippen LogP contribution in [0.2, 0.25) is 0 Å². The maximum Gasteiger partial charge on any atom is 0.255 e. The minimum Gasteiger partial charge on any atom is -0.322 e. The number of fused-ring (bicyclic) bond motifs is 1. The van der Waals surface area contributed by atoms with Crippen LogP contribution in [-0.4, -0.2) is 10.9 Å². The van der Waals surface area contributed by atoms with Gasteiger partial charge in [0, 0.05) is 16.8 Å². The Morgan fingerprint density at radius 1 is 1.04 bits per heavy atom. The zero-order chi connectivity index (χ0) is 18.1. The van der Waals surface area contributed by atoms with Crippen LogP contribution in [0.15, 0.2) is 66.7 Å². The van der Waals surface area contributed by atoms with E-state index in [0.717, 1.165) is 32.0 Å². The maximum atomic E-state index is 13.0. The number of hydrogen-bond donors (Lipinski definition) is 1. The molecule has 0 bridgehead atoms. The second-order valence-electron chi connectivity index (χ2n) is 5.98. The number of aromatic nitrogens is 1. The van der Waals surface area contributed by atoms with Crippen LogP contribution in [0.1, 0.15) is 15.9 Å². The van der Waals surface area contributed by atoms with Crippen LogP contribution in [0.3, 0.4) is 0 Å². The Bertz CT molecular complexity index is 1070. The fourth-order valence-corrected chi connectivity index (χ4v) is 3.69. The Hall–Kier alpha value is -3.05. The Balaban J connectivity index is 1.59. The lowest BCUT2D eigenvalue weighted by atomic mass is 10.1. The number of halogens is 1. The molecular weight excluding hydrogens is 347 g/mol. The van der Waals surface area contributed by atoms with Gasteiger partial charge < -0.3 is 5.32 Å². The molecule has 0 unspecified atom stereocenters. The molecule has 1 N–H and O–H groups in total. The third-order valence-electron chi connectivity index (χ3n) is 4.12. The highest BCUT2D eigenvalue weighted by molar-refractivity contribution is 7.21. The maximum absolute atomic E-state index is 13.0. The molecule has 1 amide bonds. The highest BCUT2D eigenvalue weighted by Crippen LogP contribution is 2.32. The molecular formula is C21H15FN2OS. The number of amides is 1. The minimum absolute atomic E-state index is 0.263. The molecule has 0 aliphatic carbocycles. The van der Waals surface area contributed by atoms with Crippen LogP contribution in [0, 0.1) is 12.7 Å². The van der Waals surface area contributed by atoms with E-state index in [4.69, 9.17) is 0 Å². The normalized spacial score (nSPS) is 10.8. The van der Waals surface area contributed by atoms with Gasteiger partial charge in [-0.25, -0.2) is 9.37 Å². The second kappa shape index (κ2) is 6.69. The summed E-state index contributed by atoms with van der Waals surface area (Å²) in [6.07, 6.45) is 0. The molecule has 0 aliphatic heterocycles. The number of carbonyl (C=O) groups excluding carboxylic acids is 1. The molecule has 128 valence electrons. The standard InChI is InChI=1S/C21H15FN2OS/c1-13-12-15(21-24-18-4-2-3-5-19(18)26-21)8-11-17(13)23-20(25)14-6-9-16(22)10-7-14/h2-12H,1H3,(H,23,25). The smallest absolute Gasteiger partial charge is 0.255 e. The summed E-state index contributed by atoms with van der Waals surface area (Å²) in [4.78, 5) is 17.0. The molecule has 1 aromatic heterocycles. The van der Waals surface area contributed by atoms with Crippen molar-refractivity contribution < 1.29 is 9.18 Å². The fraction of sp³-hybridized carbons (Fsp3) is 0.0476. The highest BCUT2D eigenvalue weighted by Gasteiger charge is 2.11. The van der Waals surface area contributed by atoms with Gasteiger partial charge >= 0.3 is 0 Å². The Morgan fingerprint density at radius 2 is 1.81 bits per heavy atom. The van der Waals surface area contributed by atoms with E-state index in [1.807, 2.05) is 43.3 Å². The van der Waals surface area contributed by atoms with E-state index in [2.05, 4.69) is 16.4 Å². The summed E-state index contributed by atoms with van der Waals surface area (Å²) in [6.45, 7) is 1.94. The molecule has 0 saturated carbocycles. The number of para-hydroxylation sites is 1. The topological polar surface area (TPSA) is 42.0 Å². The lowest BCUT2D eigenvalue weighted by molar-refractivity contribution is 0.102. The average molecular weight is 362 g/mol. The quantitative estimate of drug-likeness (QED) is 0.511. The van der Waals surface area contributed by atoms with E-state index in [-0.39, 0.29) is 11.7 Å². The molecule has 5 heteroatoms. The molecule has 0 atom stereocenters. The van der Waals surface area contributed by atoms with Gasteiger partial charge in [-0.15, -0.1) is 11.3 Å². The molecule has 0 saturated heterocycles. The predicted molar refractivity (Wildman–Crippen MR) is 104 cm³/mol. The number of aryl methyl sites for hydroxylation is 1. The summed E-state index contributed by atoms with van der Waals surface area (Å²) in [7, 11) is 0. The van der Waals surface area contributed by atoms with Gasteiger partial charge in [-0.3, -0.25) is 4.79 Å². The van der Waals surface area contributed by atoms with Crippen molar-refractivity contribution in [2.45, 2.75) is 6.92 Å². The summed E-state index contributed by atoms with van der Waals surface area (Å²) in [5.74, 6) is -0.626. The zero-order valence-corrected chi connectivity index (χ0v) is 14.8. The van der Waals surface area contributed by atoms with Crippen LogP contribution in [0.25, 0.3) is 20.8 Å². The van der Waals surface area contributed by atoms with Gasteiger partial charge in [0.2, 0.25) is 0 Å². The first-order chi connectivity index (χ1) is 12.6. The lowest BCUT2D eigenvalue weighted by Crippen LogP contribution is -2.12. The monoisotopic (exact) mass is 362 g/mol. The Morgan fingerprint density at radius 3 is 2.54 bits per heavy atom. The number of rotatable bonds is 3. The van der Waals surface area contributed by atoms with Crippen LogP contribution in [0.5, 0.6) is 0 Å². The number of anilines is 1. The molecule has 4 aromatic rings. The molecule has 0 radical (unpaired) electrons. The number of hydrogen-bond acceptors (Lipinski definition) is 3. The van der Waals surface area contributed by atoms with Gasteiger partial charge in [0.25, 0.3) is 5.91 Å². The van der Waals surface area contributed by atoms with Gasteiger partial charge in [0.05, 0.1) is 10.2 Å². The molecule has 0 fully saturated rings. The van der Waals surface area contributed by atoms with Crippen molar-refractivity contribution in [2.75, 3.05) is 5.32 Å².